The molecule has 0 fully saturated rings. The molecule has 0 aromatic heterocycles. The van der Waals surface area contributed by atoms with Gasteiger partial charge in [-0.1, -0.05) is 22.9 Å². The first kappa shape index (κ1) is 10.3. The highest BCUT2D eigenvalue weighted by Crippen LogP contribution is 2.21. The van der Waals surface area contributed by atoms with E-state index < -0.39 is 0 Å². The van der Waals surface area contributed by atoms with Crippen LogP contribution in [0.1, 0.15) is 28.4 Å². The minimum Gasteiger partial charge on any atom is -0.366 e. The van der Waals surface area contributed by atoms with Crippen molar-refractivity contribution in [2.24, 2.45) is 5.73 Å². The van der Waals surface area contributed by atoms with Gasteiger partial charge < -0.3 is 5.73 Å². The molecule has 13 heavy (non-hydrogen) atoms. The summed E-state index contributed by atoms with van der Waals surface area (Å²) in [4.78, 5) is 11.0. The van der Waals surface area contributed by atoms with E-state index in [-0.39, 0.29) is 5.91 Å². The van der Waals surface area contributed by atoms with Gasteiger partial charge in [0.2, 0.25) is 5.91 Å². The lowest BCUT2D eigenvalue weighted by Gasteiger charge is -2.08. The first-order valence-electron chi connectivity index (χ1n) is 4.15. The molecule has 0 atom stereocenters. The van der Waals surface area contributed by atoms with Crippen molar-refractivity contribution in [2.75, 3.05) is 0 Å². The van der Waals surface area contributed by atoms with Gasteiger partial charge in [0, 0.05) is 10.0 Å². The van der Waals surface area contributed by atoms with Crippen molar-refractivity contribution in [2.45, 2.75) is 20.3 Å². The van der Waals surface area contributed by atoms with Crippen molar-refractivity contribution >= 4 is 21.8 Å². The first-order valence-corrected chi connectivity index (χ1v) is 4.94. The maximum Gasteiger partial charge on any atom is 0.249 e. The van der Waals surface area contributed by atoms with E-state index in [2.05, 4.69) is 22.9 Å². The highest BCUT2D eigenvalue weighted by molar-refractivity contribution is 9.10. The van der Waals surface area contributed by atoms with Crippen molar-refractivity contribution in [3.05, 3.63) is 33.3 Å². The van der Waals surface area contributed by atoms with Crippen molar-refractivity contribution in [1.29, 1.82) is 0 Å². The molecule has 3 heteroatoms. The van der Waals surface area contributed by atoms with Crippen molar-refractivity contribution in [3.63, 3.8) is 0 Å². The minimum absolute atomic E-state index is 0.367. The molecule has 0 aliphatic carbocycles. The van der Waals surface area contributed by atoms with Gasteiger partial charge in [-0.25, -0.2) is 0 Å². The molecule has 0 aliphatic rings. The highest BCUT2D eigenvalue weighted by Gasteiger charge is 2.08. The van der Waals surface area contributed by atoms with Gasteiger partial charge in [-0.15, -0.1) is 0 Å². The van der Waals surface area contributed by atoms with Crippen molar-refractivity contribution in [3.8, 4) is 0 Å². The third-order valence-electron chi connectivity index (χ3n) is 2.13. The van der Waals surface area contributed by atoms with Gasteiger partial charge >= 0.3 is 0 Å². The normalized spacial score (nSPS) is 10.1. The summed E-state index contributed by atoms with van der Waals surface area (Å²) in [5, 5.41) is 0. The van der Waals surface area contributed by atoms with Gasteiger partial charge in [0.25, 0.3) is 0 Å². The number of hydrogen-bond acceptors (Lipinski definition) is 1. The molecule has 0 unspecified atom stereocenters. The Morgan fingerprint density at radius 2 is 2.15 bits per heavy atom. The Hall–Kier alpha value is -0.830. The van der Waals surface area contributed by atoms with E-state index in [1.165, 1.54) is 0 Å². The zero-order valence-electron chi connectivity index (χ0n) is 7.73. The molecule has 0 aliphatic heterocycles. The molecule has 1 aromatic rings. The fourth-order valence-electron chi connectivity index (χ4n) is 1.36. The number of aryl methyl sites for hydroxylation is 1. The van der Waals surface area contributed by atoms with Gasteiger partial charge in [-0.05, 0) is 36.6 Å². The smallest absolute Gasteiger partial charge is 0.249 e. The molecule has 70 valence electrons. The van der Waals surface area contributed by atoms with Crippen LogP contribution >= 0.6 is 15.9 Å². The van der Waals surface area contributed by atoms with E-state index >= 15 is 0 Å². The molecule has 1 rings (SSSR count). The second-order valence-electron chi connectivity index (χ2n) is 2.96. The third-order valence-corrected chi connectivity index (χ3v) is 2.58. The quantitative estimate of drug-likeness (QED) is 0.850. The SMILES string of the molecule is CCc1cc(Br)cc(C(N)=O)c1C. The molecule has 0 saturated carbocycles. The van der Waals surface area contributed by atoms with Gasteiger partial charge in [-0.2, -0.15) is 0 Å². The Balaban J connectivity index is 3.35. The average Bonchev–Trinajstić information content (AvgIpc) is 2.08. The van der Waals surface area contributed by atoms with Crippen LogP contribution in [0, 0.1) is 6.92 Å². The minimum atomic E-state index is -0.367. The maximum atomic E-state index is 11.0. The van der Waals surface area contributed by atoms with E-state index in [1.54, 1.807) is 6.07 Å². The van der Waals surface area contributed by atoms with Crippen LogP contribution in [-0.2, 0) is 6.42 Å². The molecule has 0 saturated heterocycles. The molecule has 0 bridgehead atoms. The number of halogens is 1. The number of benzene rings is 1. The Morgan fingerprint density at radius 3 is 2.62 bits per heavy atom. The summed E-state index contributed by atoms with van der Waals surface area (Å²) >= 11 is 3.35. The van der Waals surface area contributed by atoms with E-state index in [9.17, 15) is 4.79 Å². The molecule has 0 heterocycles. The topological polar surface area (TPSA) is 43.1 Å². The summed E-state index contributed by atoms with van der Waals surface area (Å²) in [6.07, 6.45) is 0.908. The number of hydrogen-bond donors (Lipinski definition) is 1. The van der Waals surface area contributed by atoms with E-state index in [1.807, 2.05) is 13.0 Å². The van der Waals surface area contributed by atoms with Crippen LogP contribution < -0.4 is 5.73 Å². The second-order valence-corrected chi connectivity index (χ2v) is 3.87. The molecule has 0 radical (unpaired) electrons. The first-order chi connectivity index (χ1) is 6.06. The summed E-state index contributed by atoms with van der Waals surface area (Å²) in [7, 11) is 0. The number of rotatable bonds is 2. The monoisotopic (exact) mass is 241 g/mol. The zero-order chi connectivity index (χ0) is 10.0. The average molecular weight is 242 g/mol. The fourth-order valence-corrected chi connectivity index (χ4v) is 1.86. The molecule has 2 N–H and O–H groups in total. The van der Waals surface area contributed by atoms with Gasteiger partial charge in [0.05, 0.1) is 0 Å². The van der Waals surface area contributed by atoms with Crippen LogP contribution in [0.25, 0.3) is 0 Å². The summed E-state index contributed by atoms with van der Waals surface area (Å²) in [5.74, 6) is -0.367. The maximum absolute atomic E-state index is 11.0. The predicted molar refractivity (Wildman–Crippen MR) is 56.8 cm³/mol. The Kier molecular flexibility index (Phi) is 3.09. The van der Waals surface area contributed by atoms with Gasteiger partial charge in [-0.3, -0.25) is 4.79 Å². The standard InChI is InChI=1S/C10H12BrNO/c1-3-7-4-8(11)5-9(6(7)2)10(12)13/h4-5H,3H2,1-2H3,(H2,12,13). The van der Waals surface area contributed by atoms with Gasteiger partial charge in [0.1, 0.15) is 0 Å². The third kappa shape index (κ3) is 2.10. The summed E-state index contributed by atoms with van der Waals surface area (Å²) in [5.41, 5.74) is 7.99. The predicted octanol–water partition coefficient (Wildman–Crippen LogP) is 2.42. The number of carbonyl (C=O) groups excluding carboxylic acids is 1. The van der Waals surface area contributed by atoms with Crippen LogP contribution in [0.3, 0.4) is 0 Å². The summed E-state index contributed by atoms with van der Waals surface area (Å²) < 4.78 is 0.906. The van der Waals surface area contributed by atoms with Crippen molar-refractivity contribution < 1.29 is 4.79 Å². The number of amides is 1. The van der Waals surface area contributed by atoms with E-state index in [0.717, 1.165) is 22.0 Å². The lowest BCUT2D eigenvalue weighted by atomic mass is 10.0. The molecular formula is C10H12BrNO. The number of carbonyl (C=O) groups is 1. The number of nitrogens with two attached hydrogens (primary N) is 1. The van der Waals surface area contributed by atoms with Crippen LogP contribution in [0.15, 0.2) is 16.6 Å². The van der Waals surface area contributed by atoms with E-state index in [0.29, 0.717) is 5.56 Å². The number of primary amides is 1. The lowest BCUT2D eigenvalue weighted by Crippen LogP contribution is -2.13. The van der Waals surface area contributed by atoms with Crippen LogP contribution in [-0.4, -0.2) is 5.91 Å². The molecule has 1 amide bonds. The Bertz CT molecular complexity index is 347. The molecular weight excluding hydrogens is 230 g/mol. The largest absolute Gasteiger partial charge is 0.366 e. The van der Waals surface area contributed by atoms with Crippen LogP contribution in [0.2, 0.25) is 0 Å². The van der Waals surface area contributed by atoms with Gasteiger partial charge in [0.15, 0.2) is 0 Å². The van der Waals surface area contributed by atoms with E-state index in [4.69, 9.17) is 5.73 Å². The second kappa shape index (κ2) is 3.92. The zero-order valence-corrected chi connectivity index (χ0v) is 9.31. The molecule has 2 nitrogen and oxygen atoms in total. The van der Waals surface area contributed by atoms with Crippen LogP contribution in [0.4, 0.5) is 0 Å². The summed E-state index contributed by atoms with van der Waals surface area (Å²) in [6, 6.07) is 3.78. The summed E-state index contributed by atoms with van der Waals surface area (Å²) in [6.45, 7) is 3.98. The lowest BCUT2D eigenvalue weighted by molar-refractivity contribution is 0.0999. The Morgan fingerprint density at radius 1 is 1.54 bits per heavy atom. The Labute approximate surface area is 86.3 Å². The fraction of sp³-hybridized carbons (Fsp3) is 0.300. The highest BCUT2D eigenvalue weighted by atomic mass is 79.9. The van der Waals surface area contributed by atoms with Crippen LogP contribution in [0.5, 0.6) is 0 Å². The molecule has 1 aromatic carbocycles. The molecule has 0 spiro atoms. The van der Waals surface area contributed by atoms with Crippen molar-refractivity contribution in [1.82, 2.24) is 0 Å².